The first-order valence-electron chi connectivity index (χ1n) is 9.23. The molecule has 7 heteroatoms. The molecule has 0 saturated heterocycles. The predicted octanol–water partition coefficient (Wildman–Crippen LogP) is 3.17. The van der Waals surface area contributed by atoms with E-state index in [-0.39, 0.29) is 23.9 Å². The third-order valence-electron chi connectivity index (χ3n) is 4.66. The van der Waals surface area contributed by atoms with Crippen LogP contribution in [0.15, 0.2) is 65.6 Å². The summed E-state index contributed by atoms with van der Waals surface area (Å²) in [7, 11) is 1.46. The van der Waals surface area contributed by atoms with Gasteiger partial charge in [-0.3, -0.25) is 9.36 Å². The summed E-state index contributed by atoms with van der Waals surface area (Å²) in [6.07, 6.45) is 2.74. The molecule has 0 aliphatic heterocycles. The van der Waals surface area contributed by atoms with Gasteiger partial charge in [0.1, 0.15) is 17.0 Å². The highest BCUT2D eigenvalue weighted by atomic mass is 19.1. The van der Waals surface area contributed by atoms with E-state index in [1.54, 1.807) is 22.9 Å². The number of benzene rings is 2. The van der Waals surface area contributed by atoms with Crippen molar-refractivity contribution in [3.63, 3.8) is 0 Å². The molecule has 0 aliphatic carbocycles. The van der Waals surface area contributed by atoms with Gasteiger partial charge in [-0.25, -0.2) is 14.4 Å². The van der Waals surface area contributed by atoms with E-state index >= 15 is 0 Å². The molecule has 146 valence electrons. The minimum Gasteiger partial charge on any atom is -0.467 e. The van der Waals surface area contributed by atoms with E-state index in [0.717, 1.165) is 11.1 Å². The van der Waals surface area contributed by atoms with Gasteiger partial charge < -0.3 is 4.74 Å². The average molecular weight is 390 g/mol. The minimum absolute atomic E-state index is 0.156. The van der Waals surface area contributed by atoms with Crippen LogP contribution in [0.4, 0.5) is 4.39 Å². The van der Waals surface area contributed by atoms with Gasteiger partial charge in [0.05, 0.1) is 19.9 Å². The van der Waals surface area contributed by atoms with E-state index in [2.05, 4.69) is 15.0 Å². The highest BCUT2D eigenvalue weighted by Crippen LogP contribution is 2.14. The van der Waals surface area contributed by atoms with Crippen LogP contribution in [0.1, 0.15) is 16.8 Å². The Morgan fingerprint density at radius 2 is 1.72 bits per heavy atom. The Morgan fingerprint density at radius 3 is 2.45 bits per heavy atom. The summed E-state index contributed by atoms with van der Waals surface area (Å²) in [6, 6.07) is 16.1. The molecule has 2 aromatic carbocycles. The molecule has 29 heavy (non-hydrogen) atoms. The molecular formula is C22H19FN4O2. The lowest BCUT2D eigenvalue weighted by Crippen LogP contribution is -2.27. The minimum atomic E-state index is -0.326. The van der Waals surface area contributed by atoms with Crippen molar-refractivity contribution in [3.8, 4) is 6.01 Å². The zero-order chi connectivity index (χ0) is 20.2. The van der Waals surface area contributed by atoms with Gasteiger partial charge in [-0.1, -0.05) is 42.5 Å². The number of fused-ring (bicyclic) bond motifs is 1. The molecule has 6 nitrogen and oxygen atoms in total. The number of nitrogens with zero attached hydrogens (tertiary/aromatic N) is 4. The smallest absolute Gasteiger partial charge is 0.318 e. The van der Waals surface area contributed by atoms with E-state index in [1.165, 1.54) is 19.2 Å². The number of methoxy groups -OCH3 is 1. The van der Waals surface area contributed by atoms with Gasteiger partial charge >= 0.3 is 6.01 Å². The number of hydrogen-bond donors (Lipinski definition) is 0. The van der Waals surface area contributed by atoms with Crippen LogP contribution in [-0.4, -0.2) is 26.6 Å². The van der Waals surface area contributed by atoms with Crippen LogP contribution in [-0.2, 0) is 19.4 Å². The quantitative estimate of drug-likeness (QED) is 0.506. The Hall–Kier alpha value is -3.61. The molecule has 0 unspecified atom stereocenters. The van der Waals surface area contributed by atoms with Crippen LogP contribution in [0.5, 0.6) is 6.01 Å². The van der Waals surface area contributed by atoms with Crippen LogP contribution in [0.25, 0.3) is 11.2 Å². The molecule has 0 aliphatic rings. The van der Waals surface area contributed by atoms with Crippen LogP contribution in [0.2, 0.25) is 0 Å². The van der Waals surface area contributed by atoms with Crippen molar-refractivity contribution in [2.75, 3.05) is 7.11 Å². The van der Waals surface area contributed by atoms with Gasteiger partial charge in [0, 0.05) is 0 Å². The molecule has 0 fully saturated rings. The van der Waals surface area contributed by atoms with Crippen LogP contribution in [0.3, 0.4) is 0 Å². The molecule has 0 radical (unpaired) electrons. The van der Waals surface area contributed by atoms with Crippen LogP contribution >= 0.6 is 0 Å². The molecule has 4 rings (SSSR count). The van der Waals surface area contributed by atoms with Crippen molar-refractivity contribution < 1.29 is 9.13 Å². The number of aromatic nitrogens is 4. The van der Waals surface area contributed by atoms with Crippen molar-refractivity contribution in [1.82, 2.24) is 19.5 Å². The standard InChI is InChI=1S/C22H19FN4O2/c1-29-22-24-13-19-20(26-22)27(14-16-7-10-17(23)11-8-16)21(28)18(25-19)12-9-15-5-3-2-4-6-15/h2-8,10-11,13H,9,12,14H2,1H3. The topological polar surface area (TPSA) is 69.9 Å². The van der Waals surface area contributed by atoms with Crippen LogP contribution in [0, 0.1) is 5.82 Å². The number of ether oxygens (including phenoxy) is 1. The van der Waals surface area contributed by atoms with E-state index < -0.39 is 0 Å². The largest absolute Gasteiger partial charge is 0.467 e. The molecular weight excluding hydrogens is 371 g/mol. The van der Waals surface area contributed by atoms with Crippen LogP contribution < -0.4 is 10.3 Å². The molecule has 2 aromatic heterocycles. The SMILES string of the molecule is COc1ncc2nc(CCc3ccccc3)c(=O)n(Cc3ccc(F)cc3)c2n1. The van der Waals surface area contributed by atoms with E-state index in [0.29, 0.717) is 29.7 Å². The summed E-state index contributed by atoms with van der Waals surface area (Å²) in [4.78, 5) is 26.1. The second kappa shape index (κ2) is 8.18. The number of aryl methyl sites for hydroxylation is 2. The highest BCUT2D eigenvalue weighted by Gasteiger charge is 2.14. The zero-order valence-electron chi connectivity index (χ0n) is 15.9. The second-order valence-corrected chi connectivity index (χ2v) is 6.63. The Morgan fingerprint density at radius 1 is 0.966 bits per heavy atom. The maximum Gasteiger partial charge on any atom is 0.318 e. The first kappa shape index (κ1) is 18.7. The van der Waals surface area contributed by atoms with Gasteiger partial charge in [-0.2, -0.15) is 4.98 Å². The second-order valence-electron chi connectivity index (χ2n) is 6.63. The normalized spacial score (nSPS) is 11.0. The molecule has 4 aromatic rings. The highest BCUT2D eigenvalue weighted by molar-refractivity contribution is 5.69. The summed E-state index contributed by atoms with van der Waals surface area (Å²) >= 11 is 0. The monoisotopic (exact) mass is 390 g/mol. The Bertz CT molecular complexity index is 1190. The predicted molar refractivity (Wildman–Crippen MR) is 107 cm³/mol. The summed E-state index contributed by atoms with van der Waals surface area (Å²) in [5.41, 5.74) is 3.03. The van der Waals surface area contributed by atoms with Crippen molar-refractivity contribution in [3.05, 3.63) is 93.8 Å². The molecule has 2 heterocycles. The maximum absolute atomic E-state index is 13.3. The van der Waals surface area contributed by atoms with Gasteiger partial charge in [-0.15, -0.1) is 0 Å². The molecule has 0 saturated carbocycles. The maximum atomic E-state index is 13.3. The van der Waals surface area contributed by atoms with Crippen molar-refractivity contribution in [2.45, 2.75) is 19.4 Å². The summed E-state index contributed by atoms with van der Waals surface area (Å²) < 4.78 is 19.9. The van der Waals surface area contributed by atoms with Crippen molar-refractivity contribution in [1.29, 1.82) is 0 Å². The molecule has 0 N–H and O–H groups in total. The van der Waals surface area contributed by atoms with E-state index in [1.807, 2.05) is 30.3 Å². The van der Waals surface area contributed by atoms with Gasteiger partial charge in [0.2, 0.25) is 0 Å². The Labute approximate surface area is 166 Å². The van der Waals surface area contributed by atoms with Gasteiger partial charge in [0.15, 0.2) is 5.65 Å². The van der Waals surface area contributed by atoms with Gasteiger partial charge in [-0.05, 0) is 36.1 Å². The molecule has 0 atom stereocenters. The number of hydrogen-bond acceptors (Lipinski definition) is 5. The summed E-state index contributed by atoms with van der Waals surface area (Å²) in [5, 5.41) is 0. The van der Waals surface area contributed by atoms with Crippen molar-refractivity contribution in [2.24, 2.45) is 0 Å². The van der Waals surface area contributed by atoms with Gasteiger partial charge in [0.25, 0.3) is 5.56 Å². The lowest BCUT2D eigenvalue weighted by Gasteiger charge is -2.12. The summed E-state index contributed by atoms with van der Waals surface area (Å²) in [6.45, 7) is 0.247. The molecule has 0 amide bonds. The third-order valence-corrected chi connectivity index (χ3v) is 4.66. The number of halogens is 1. The lowest BCUT2D eigenvalue weighted by molar-refractivity contribution is 0.381. The molecule has 0 bridgehead atoms. The summed E-state index contributed by atoms with van der Waals surface area (Å²) in [5.74, 6) is -0.326. The fraction of sp³-hybridized carbons (Fsp3) is 0.182. The molecule has 0 spiro atoms. The van der Waals surface area contributed by atoms with E-state index in [9.17, 15) is 9.18 Å². The fourth-order valence-electron chi connectivity index (χ4n) is 3.16. The fourth-order valence-corrected chi connectivity index (χ4v) is 3.16. The average Bonchev–Trinajstić information content (AvgIpc) is 2.76. The number of rotatable bonds is 6. The first-order valence-corrected chi connectivity index (χ1v) is 9.23. The Balaban J connectivity index is 1.77. The lowest BCUT2D eigenvalue weighted by atomic mass is 10.1. The van der Waals surface area contributed by atoms with E-state index in [4.69, 9.17) is 4.74 Å². The first-order chi connectivity index (χ1) is 14.1. The van der Waals surface area contributed by atoms with Crippen molar-refractivity contribution >= 4 is 11.2 Å². The Kier molecular flexibility index (Phi) is 5.29. The zero-order valence-corrected chi connectivity index (χ0v) is 15.9. The third kappa shape index (κ3) is 4.13.